The highest BCUT2D eigenvalue weighted by atomic mass is 16.6. The number of hydrogen-bond acceptors (Lipinski definition) is 6. The van der Waals surface area contributed by atoms with Crippen LogP contribution in [-0.4, -0.2) is 23.8 Å². The predicted octanol–water partition coefficient (Wildman–Crippen LogP) is 7.57. The number of ether oxygens (including phenoxy) is 3. The van der Waals surface area contributed by atoms with E-state index in [9.17, 15) is 4.79 Å². The van der Waals surface area contributed by atoms with Crippen LogP contribution in [0.5, 0.6) is 11.5 Å². The summed E-state index contributed by atoms with van der Waals surface area (Å²) in [4.78, 5) is 12.3. The Hall–Kier alpha value is -4.32. The second kappa shape index (κ2) is 11.4. The smallest absolute Gasteiger partial charge is 0.331 e. The molecule has 0 spiro atoms. The van der Waals surface area contributed by atoms with Crippen molar-refractivity contribution in [3.05, 3.63) is 95.2 Å². The van der Waals surface area contributed by atoms with Gasteiger partial charge in [-0.25, -0.2) is 4.79 Å². The van der Waals surface area contributed by atoms with E-state index in [2.05, 4.69) is 5.16 Å². The molecule has 38 heavy (non-hydrogen) atoms. The third-order valence-corrected chi connectivity index (χ3v) is 5.90. The summed E-state index contributed by atoms with van der Waals surface area (Å²) in [6, 6.07) is 21.7. The highest BCUT2D eigenvalue weighted by Gasteiger charge is 2.22. The van der Waals surface area contributed by atoms with Crippen LogP contribution in [-0.2, 0) is 16.1 Å². The molecule has 6 nitrogen and oxygen atoms in total. The van der Waals surface area contributed by atoms with E-state index >= 15 is 0 Å². The quantitative estimate of drug-likeness (QED) is 0.179. The Morgan fingerprint density at radius 2 is 1.71 bits per heavy atom. The summed E-state index contributed by atoms with van der Waals surface area (Å²) in [5, 5.41) is 4.28. The van der Waals surface area contributed by atoms with Crippen LogP contribution < -0.4 is 9.47 Å². The van der Waals surface area contributed by atoms with Crippen LogP contribution in [0.25, 0.3) is 28.5 Å². The van der Waals surface area contributed by atoms with Gasteiger partial charge in [0.1, 0.15) is 23.7 Å². The molecule has 0 aliphatic heterocycles. The van der Waals surface area contributed by atoms with Gasteiger partial charge in [0.2, 0.25) is 0 Å². The molecule has 0 fully saturated rings. The van der Waals surface area contributed by atoms with Gasteiger partial charge in [0.05, 0.1) is 23.9 Å². The van der Waals surface area contributed by atoms with Crippen LogP contribution in [0.2, 0.25) is 0 Å². The maximum Gasteiger partial charge on any atom is 0.331 e. The molecule has 0 aliphatic rings. The van der Waals surface area contributed by atoms with Crippen molar-refractivity contribution in [3.63, 3.8) is 0 Å². The maximum atomic E-state index is 12.3. The summed E-state index contributed by atoms with van der Waals surface area (Å²) in [5.41, 5.74) is 5.57. The van der Waals surface area contributed by atoms with Crippen molar-refractivity contribution in [3.8, 4) is 33.9 Å². The van der Waals surface area contributed by atoms with E-state index in [0.717, 1.165) is 44.8 Å². The average Bonchev–Trinajstić information content (AvgIpc) is 3.27. The molecule has 0 atom stereocenters. The Morgan fingerprint density at radius 3 is 2.37 bits per heavy atom. The van der Waals surface area contributed by atoms with Gasteiger partial charge in [-0.05, 0) is 87.2 Å². The first-order valence-corrected chi connectivity index (χ1v) is 12.5. The number of hydrogen-bond donors (Lipinski definition) is 0. The fraction of sp³-hybridized carbons (Fsp3) is 0.250. The molecule has 0 unspecified atom stereocenters. The van der Waals surface area contributed by atoms with Gasteiger partial charge in [-0.2, -0.15) is 0 Å². The first kappa shape index (κ1) is 26.7. The summed E-state index contributed by atoms with van der Waals surface area (Å²) in [7, 11) is 1.64. The molecule has 6 heteroatoms. The largest absolute Gasteiger partial charge is 0.497 e. The van der Waals surface area contributed by atoms with Gasteiger partial charge in [0.15, 0.2) is 5.76 Å². The van der Waals surface area contributed by atoms with Crippen molar-refractivity contribution in [2.24, 2.45) is 0 Å². The third-order valence-electron chi connectivity index (χ3n) is 5.90. The lowest BCUT2D eigenvalue weighted by Crippen LogP contribution is -2.22. The number of nitrogens with zero attached hydrogens (tertiary/aromatic N) is 1. The zero-order chi connectivity index (χ0) is 27.3. The molecule has 0 saturated heterocycles. The molecule has 4 aromatic rings. The monoisotopic (exact) mass is 511 g/mol. The minimum Gasteiger partial charge on any atom is -0.497 e. The van der Waals surface area contributed by atoms with E-state index in [1.54, 1.807) is 13.2 Å². The third kappa shape index (κ3) is 6.51. The molecule has 0 saturated carbocycles. The van der Waals surface area contributed by atoms with E-state index in [1.807, 2.05) is 101 Å². The Kier molecular flexibility index (Phi) is 8.01. The second-order valence-corrected chi connectivity index (χ2v) is 10.0. The Balaban J connectivity index is 1.78. The number of carbonyl (C=O) groups is 1. The van der Waals surface area contributed by atoms with Crippen LogP contribution in [0.15, 0.2) is 77.3 Å². The van der Waals surface area contributed by atoms with Gasteiger partial charge in [-0.3, -0.25) is 0 Å². The summed E-state index contributed by atoms with van der Waals surface area (Å²) in [6.45, 7) is 9.81. The second-order valence-electron chi connectivity index (χ2n) is 10.0. The molecule has 0 bridgehead atoms. The topological polar surface area (TPSA) is 70.8 Å². The van der Waals surface area contributed by atoms with Crippen molar-refractivity contribution in [2.75, 3.05) is 7.11 Å². The van der Waals surface area contributed by atoms with Crippen molar-refractivity contribution in [1.82, 2.24) is 5.16 Å². The van der Waals surface area contributed by atoms with E-state index in [-0.39, 0.29) is 0 Å². The molecular weight excluding hydrogens is 478 g/mol. The van der Waals surface area contributed by atoms with Crippen molar-refractivity contribution in [2.45, 2.75) is 46.8 Å². The first-order valence-electron chi connectivity index (χ1n) is 12.5. The zero-order valence-electron chi connectivity index (χ0n) is 22.7. The highest BCUT2D eigenvalue weighted by molar-refractivity contribution is 5.89. The molecule has 0 aliphatic carbocycles. The van der Waals surface area contributed by atoms with Crippen LogP contribution in [0.3, 0.4) is 0 Å². The summed E-state index contributed by atoms with van der Waals surface area (Å²) < 4.78 is 23.0. The SMILES string of the molecule is COc1ccc(-c2c(C)noc2-c2cc(/C=C/C(=O)OC(C)(C)C)c(C)cc2OCc2ccccc2)cc1. The Labute approximate surface area is 223 Å². The van der Waals surface area contributed by atoms with Crippen molar-refractivity contribution in [1.29, 1.82) is 0 Å². The Bertz CT molecular complexity index is 1430. The predicted molar refractivity (Wildman–Crippen MR) is 149 cm³/mol. The molecule has 3 aromatic carbocycles. The highest BCUT2D eigenvalue weighted by Crippen LogP contribution is 2.41. The number of methoxy groups -OCH3 is 1. The van der Waals surface area contributed by atoms with Gasteiger partial charge in [0.25, 0.3) is 0 Å². The molecule has 4 rings (SSSR count). The van der Waals surface area contributed by atoms with Crippen LogP contribution in [0.1, 0.15) is 43.2 Å². The van der Waals surface area contributed by atoms with Crippen LogP contribution >= 0.6 is 0 Å². The standard InChI is InChI=1S/C32H33NO5/c1-21-18-28(36-20-23-10-8-7-9-11-23)27(19-25(21)14-17-29(34)37-32(3,4)5)31-30(22(2)33-38-31)24-12-15-26(35-6)16-13-24/h7-19H,20H2,1-6H3/b17-14+. The minimum absolute atomic E-state index is 0.394. The number of esters is 1. The lowest BCUT2D eigenvalue weighted by atomic mass is 9.96. The van der Waals surface area contributed by atoms with Gasteiger partial charge in [-0.1, -0.05) is 47.6 Å². The van der Waals surface area contributed by atoms with Crippen molar-refractivity contribution >= 4 is 12.0 Å². The average molecular weight is 512 g/mol. The van der Waals surface area contributed by atoms with Crippen molar-refractivity contribution < 1.29 is 23.5 Å². The molecular formula is C32H33NO5. The van der Waals surface area contributed by atoms with Crippen LogP contribution in [0.4, 0.5) is 0 Å². The normalized spacial score (nSPS) is 11.5. The van der Waals surface area contributed by atoms with E-state index < -0.39 is 11.6 Å². The summed E-state index contributed by atoms with van der Waals surface area (Å²) >= 11 is 0. The molecule has 0 amide bonds. The summed E-state index contributed by atoms with van der Waals surface area (Å²) in [5.74, 6) is 1.60. The van der Waals surface area contributed by atoms with Gasteiger partial charge >= 0.3 is 5.97 Å². The number of rotatable bonds is 8. The molecule has 196 valence electrons. The van der Waals surface area contributed by atoms with Crippen LogP contribution in [0, 0.1) is 13.8 Å². The van der Waals surface area contributed by atoms with Gasteiger partial charge in [-0.15, -0.1) is 0 Å². The Morgan fingerprint density at radius 1 is 1.00 bits per heavy atom. The summed E-state index contributed by atoms with van der Waals surface area (Å²) in [6.07, 6.45) is 3.20. The zero-order valence-corrected chi connectivity index (χ0v) is 22.7. The van der Waals surface area contributed by atoms with E-state index in [0.29, 0.717) is 18.1 Å². The van der Waals surface area contributed by atoms with Gasteiger partial charge < -0.3 is 18.7 Å². The molecule has 0 radical (unpaired) electrons. The van der Waals surface area contributed by atoms with Gasteiger partial charge in [0, 0.05) is 6.08 Å². The molecule has 1 aromatic heterocycles. The van der Waals surface area contributed by atoms with E-state index in [1.165, 1.54) is 6.08 Å². The lowest BCUT2D eigenvalue weighted by Gasteiger charge is -2.18. The number of benzene rings is 3. The van der Waals surface area contributed by atoms with E-state index in [4.69, 9.17) is 18.7 Å². The first-order chi connectivity index (χ1) is 18.1. The lowest BCUT2D eigenvalue weighted by molar-refractivity contribution is -0.148. The number of carbonyl (C=O) groups excluding carboxylic acids is 1. The fourth-order valence-corrected chi connectivity index (χ4v) is 4.05. The maximum absolute atomic E-state index is 12.3. The molecule has 1 heterocycles. The number of aromatic nitrogens is 1. The number of aryl methyl sites for hydroxylation is 2. The fourth-order valence-electron chi connectivity index (χ4n) is 4.05. The molecule has 0 N–H and O–H groups in total. The minimum atomic E-state index is -0.568.